The first-order chi connectivity index (χ1) is 6.49. The highest BCUT2D eigenvalue weighted by Crippen LogP contribution is 2.12. The van der Waals surface area contributed by atoms with Crippen LogP contribution in [0.1, 0.15) is 12.8 Å². The van der Waals surface area contributed by atoms with Gasteiger partial charge in [-0.2, -0.15) is 13.2 Å². The Kier molecular flexibility index (Phi) is 3.74. The van der Waals surface area contributed by atoms with Gasteiger partial charge in [0.25, 0.3) is 0 Å². The first kappa shape index (κ1) is 11.3. The van der Waals surface area contributed by atoms with Gasteiger partial charge in [-0.1, -0.05) is 0 Å². The van der Waals surface area contributed by atoms with Gasteiger partial charge in [-0.3, -0.25) is 4.79 Å². The maximum absolute atomic E-state index is 11.7. The van der Waals surface area contributed by atoms with E-state index in [-0.39, 0.29) is 12.5 Å². The second-order valence-electron chi connectivity index (χ2n) is 3.31. The number of alkyl halides is 3. The molecule has 0 aliphatic carbocycles. The van der Waals surface area contributed by atoms with Crippen molar-refractivity contribution < 1.29 is 18.0 Å². The van der Waals surface area contributed by atoms with E-state index >= 15 is 0 Å². The van der Waals surface area contributed by atoms with Gasteiger partial charge in [0.1, 0.15) is 0 Å². The van der Waals surface area contributed by atoms with E-state index in [9.17, 15) is 18.0 Å². The van der Waals surface area contributed by atoms with E-state index in [1.165, 1.54) is 0 Å². The van der Waals surface area contributed by atoms with Crippen LogP contribution in [-0.2, 0) is 4.79 Å². The van der Waals surface area contributed by atoms with Gasteiger partial charge in [0.15, 0.2) is 0 Å². The predicted octanol–water partition coefficient (Wildman–Crippen LogP) is 0.761. The Bertz CT molecular complexity index is 199. The number of likely N-dealkylation sites (tertiary alicyclic amines) is 1. The second-order valence-corrected chi connectivity index (χ2v) is 3.31. The third kappa shape index (κ3) is 3.95. The molecule has 1 saturated heterocycles. The highest BCUT2D eigenvalue weighted by Gasteiger charge is 2.27. The van der Waals surface area contributed by atoms with E-state index in [1.54, 1.807) is 4.90 Å². The molecule has 0 bridgehead atoms. The summed E-state index contributed by atoms with van der Waals surface area (Å²) >= 11 is 0. The number of halogens is 3. The lowest BCUT2D eigenvalue weighted by Crippen LogP contribution is -2.39. The van der Waals surface area contributed by atoms with E-state index in [1.807, 2.05) is 0 Å². The molecule has 0 aromatic carbocycles. The molecular weight excluding hydrogens is 197 g/mol. The number of carbonyl (C=O) groups excluding carboxylic acids is 1. The van der Waals surface area contributed by atoms with Crippen LogP contribution in [0.25, 0.3) is 0 Å². The molecule has 1 aliphatic heterocycles. The molecule has 0 radical (unpaired) electrons. The summed E-state index contributed by atoms with van der Waals surface area (Å²) in [5, 5.41) is 2.09. The normalized spacial score (nSPS) is 17.5. The quantitative estimate of drug-likeness (QED) is 0.745. The molecule has 3 nitrogen and oxygen atoms in total. The van der Waals surface area contributed by atoms with Crippen LogP contribution >= 0.6 is 0 Å². The molecule has 0 spiro atoms. The van der Waals surface area contributed by atoms with E-state index in [0.717, 1.165) is 12.8 Å². The topological polar surface area (TPSA) is 32.3 Å². The summed E-state index contributed by atoms with van der Waals surface area (Å²) < 4.78 is 35.1. The number of amides is 1. The van der Waals surface area contributed by atoms with Crippen molar-refractivity contribution in [2.45, 2.75) is 19.0 Å². The molecule has 0 aromatic heterocycles. The minimum Gasteiger partial charge on any atom is -0.342 e. The molecule has 1 aliphatic rings. The summed E-state index contributed by atoms with van der Waals surface area (Å²) in [6.07, 6.45) is -2.35. The highest BCUT2D eigenvalue weighted by atomic mass is 19.4. The monoisotopic (exact) mass is 210 g/mol. The molecular formula is C8H13F3N2O. The van der Waals surface area contributed by atoms with Gasteiger partial charge in [0.05, 0.1) is 13.1 Å². The maximum atomic E-state index is 11.7. The Morgan fingerprint density at radius 3 is 2.36 bits per heavy atom. The highest BCUT2D eigenvalue weighted by molar-refractivity contribution is 5.78. The number of rotatable bonds is 3. The largest absolute Gasteiger partial charge is 0.401 e. The Balaban J connectivity index is 2.15. The molecule has 82 valence electrons. The third-order valence-electron chi connectivity index (χ3n) is 2.06. The third-order valence-corrected chi connectivity index (χ3v) is 2.06. The molecule has 1 N–H and O–H groups in total. The fraction of sp³-hybridized carbons (Fsp3) is 0.875. The molecule has 0 aromatic rings. The summed E-state index contributed by atoms with van der Waals surface area (Å²) in [6, 6.07) is 0. The van der Waals surface area contributed by atoms with Crippen LogP contribution in [0.5, 0.6) is 0 Å². The summed E-state index contributed by atoms with van der Waals surface area (Å²) in [5.41, 5.74) is 0. The van der Waals surface area contributed by atoms with E-state index in [4.69, 9.17) is 0 Å². The average molecular weight is 210 g/mol. The molecule has 1 amide bonds. The molecule has 0 saturated carbocycles. The molecule has 1 heterocycles. The van der Waals surface area contributed by atoms with Gasteiger partial charge in [0, 0.05) is 13.1 Å². The van der Waals surface area contributed by atoms with Gasteiger partial charge >= 0.3 is 6.18 Å². The fourth-order valence-corrected chi connectivity index (χ4v) is 1.39. The van der Waals surface area contributed by atoms with Crippen LogP contribution in [-0.4, -0.2) is 43.2 Å². The first-order valence-electron chi connectivity index (χ1n) is 4.54. The number of hydrogen-bond acceptors (Lipinski definition) is 2. The standard InChI is InChI=1S/C8H13F3N2O/c9-8(10,11)6-12-5-7(14)13-3-1-2-4-13/h12H,1-6H2. The lowest BCUT2D eigenvalue weighted by molar-refractivity contribution is -0.133. The smallest absolute Gasteiger partial charge is 0.342 e. The summed E-state index contributed by atoms with van der Waals surface area (Å²) in [4.78, 5) is 12.8. The van der Waals surface area contributed by atoms with Crippen molar-refractivity contribution in [2.75, 3.05) is 26.2 Å². The molecule has 0 atom stereocenters. The zero-order chi connectivity index (χ0) is 10.6. The number of nitrogens with zero attached hydrogens (tertiary/aromatic N) is 1. The molecule has 6 heteroatoms. The minimum atomic E-state index is -4.24. The van der Waals surface area contributed by atoms with Crippen molar-refractivity contribution in [1.82, 2.24) is 10.2 Å². The summed E-state index contributed by atoms with van der Waals surface area (Å²) in [6.45, 7) is 0.0190. The Labute approximate surface area is 80.3 Å². The van der Waals surface area contributed by atoms with Gasteiger partial charge in [-0.15, -0.1) is 0 Å². The van der Waals surface area contributed by atoms with Crippen LogP contribution in [0.4, 0.5) is 13.2 Å². The summed E-state index contributed by atoms with van der Waals surface area (Å²) in [5.74, 6) is -0.244. The summed E-state index contributed by atoms with van der Waals surface area (Å²) in [7, 11) is 0. The first-order valence-corrected chi connectivity index (χ1v) is 4.54. The lowest BCUT2D eigenvalue weighted by atomic mass is 10.4. The van der Waals surface area contributed by atoms with Crippen LogP contribution in [0.3, 0.4) is 0 Å². The van der Waals surface area contributed by atoms with Crippen molar-refractivity contribution in [3.63, 3.8) is 0 Å². The molecule has 1 rings (SSSR count). The van der Waals surface area contributed by atoms with Crippen molar-refractivity contribution in [1.29, 1.82) is 0 Å². The fourth-order valence-electron chi connectivity index (χ4n) is 1.39. The van der Waals surface area contributed by atoms with E-state index < -0.39 is 12.7 Å². The maximum Gasteiger partial charge on any atom is 0.401 e. The van der Waals surface area contributed by atoms with Crippen molar-refractivity contribution in [3.8, 4) is 0 Å². The van der Waals surface area contributed by atoms with Crippen molar-refractivity contribution >= 4 is 5.91 Å². The van der Waals surface area contributed by atoms with Crippen LogP contribution < -0.4 is 5.32 Å². The van der Waals surface area contributed by atoms with E-state index in [2.05, 4.69) is 5.32 Å². The minimum absolute atomic E-state index is 0.223. The number of carbonyl (C=O) groups is 1. The zero-order valence-electron chi connectivity index (χ0n) is 7.73. The van der Waals surface area contributed by atoms with E-state index in [0.29, 0.717) is 13.1 Å². The lowest BCUT2D eigenvalue weighted by Gasteiger charge is -2.15. The predicted molar refractivity (Wildman–Crippen MR) is 44.7 cm³/mol. The SMILES string of the molecule is O=C(CNCC(F)(F)F)N1CCCC1. The van der Waals surface area contributed by atoms with Gasteiger partial charge < -0.3 is 10.2 Å². The van der Waals surface area contributed by atoms with Gasteiger partial charge in [-0.05, 0) is 12.8 Å². The van der Waals surface area contributed by atoms with Crippen molar-refractivity contribution in [2.24, 2.45) is 0 Å². The zero-order valence-corrected chi connectivity index (χ0v) is 7.73. The van der Waals surface area contributed by atoms with Gasteiger partial charge in [-0.25, -0.2) is 0 Å². The Morgan fingerprint density at radius 2 is 1.86 bits per heavy atom. The van der Waals surface area contributed by atoms with Crippen LogP contribution in [0.15, 0.2) is 0 Å². The second kappa shape index (κ2) is 4.63. The van der Waals surface area contributed by atoms with Gasteiger partial charge in [0.2, 0.25) is 5.91 Å². The van der Waals surface area contributed by atoms with Crippen LogP contribution in [0, 0.1) is 0 Å². The van der Waals surface area contributed by atoms with Crippen LogP contribution in [0.2, 0.25) is 0 Å². The Morgan fingerprint density at radius 1 is 1.29 bits per heavy atom. The molecule has 0 unspecified atom stereocenters. The average Bonchev–Trinajstić information content (AvgIpc) is 2.53. The number of nitrogens with one attached hydrogen (secondary N) is 1. The Hall–Kier alpha value is -0.780. The molecule has 14 heavy (non-hydrogen) atoms. The molecule has 1 fully saturated rings. The number of hydrogen-bond donors (Lipinski definition) is 1. The van der Waals surface area contributed by atoms with Crippen molar-refractivity contribution in [3.05, 3.63) is 0 Å².